The van der Waals surface area contributed by atoms with E-state index in [-0.39, 0.29) is 11.8 Å². The van der Waals surface area contributed by atoms with E-state index in [2.05, 4.69) is 43.4 Å². The molecule has 1 aliphatic heterocycles. The summed E-state index contributed by atoms with van der Waals surface area (Å²) in [5.41, 5.74) is 4.26. The third-order valence-corrected chi connectivity index (χ3v) is 3.95. The van der Waals surface area contributed by atoms with Gasteiger partial charge >= 0.3 is 0 Å². The molecule has 2 aromatic carbocycles. The van der Waals surface area contributed by atoms with Gasteiger partial charge in [-0.25, -0.2) is 0 Å². The SMILES string of the molecule is CC(C)c1ccc(C2CC(=O)c3ccccc3N2)cc1. The lowest BCUT2D eigenvalue weighted by atomic mass is 9.91. The Morgan fingerprint density at radius 3 is 2.45 bits per heavy atom. The van der Waals surface area contributed by atoms with Gasteiger partial charge in [0, 0.05) is 17.7 Å². The third kappa shape index (κ3) is 2.34. The molecule has 0 saturated carbocycles. The second-order valence-corrected chi connectivity index (χ2v) is 5.69. The molecule has 2 nitrogen and oxygen atoms in total. The van der Waals surface area contributed by atoms with Gasteiger partial charge in [-0.2, -0.15) is 0 Å². The molecule has 20 heavy (non-hydrogen) atoms. The first-order chi connectivity index (χ1) is 9.65. The first kappa shape index (κ1) is 12.9. The van der Waals surface area contributed by atoms with Gasteiger partial charge in [0.2, 0.25) is 0 Å². The summed E-state index contributed by atoms with van der Waals surface area (Å²) in [6.45, 7) is 4.38. The molecule has 0 fully saturated rings. The normalized spacial score (nSPS) is 17.8. The van der Waals surface area contributed by atoms with Crippen molar-refractivity contribution in [2.24, 2.45) is 0 Å². The lowest BCUT2D eigenvalue weighted by Crippen LogP contribution is -2.22. The predicted molar refractivity (Wildman–Crippen MR) is 82.3 cm³/mol. The van der Waals surface area contributed by atoms with Gasteiger partial charge in [-0.05, 0) is 29.2 Å². The predicted octanol–water partition coefficient (Wildman–Crippen LogP) is 4.55. The molecule has 3 rings (SSSR count). The standard InChI is InChI=1S/C18H19NO/c1-12(2)13-7-9-14(10-8-13)17-11-18(20)15-5-3-4-6-16(15)19-17/h3-10,12,17,19H,11H2,1-2H3. The molecule has 102 valence electrons. The Labute approximate surface area is 119 Å². The Balaban J connectivity index is 1.88. The lowest BCUT2D eigenvalue weighted by molar-refractivity contribution is 0.0972. The van der Waals surface area contributed by atoms with Crippen molar-refractivity contribution in [2.45, 2.75) is 32.2 Å². The monoisotopic (exact) mass is 265 g/mol. The number of ketones is 1. The lowest BCUT2D eigenvalue weighted by Gasteiger charge is -2.26. The molecule has 2 aromatic rings. The summed E-state index contributed by atoms with van der Waals surface area (Å²) in [4.78, 5) is 12.2. The van der Waals surface area contributed by atoms with Gasteiger partial charge in [0.05, 0.1) is 6.04 Å². The van der Waals surface area contributed by atoms with Crippen molar-refractivity contribution in [3.8, 4) is 0 Å². The minimum absolute atomic E-state index is 0.0820. The molecule has 0 radical (unpaired) electrons. The first-order valence-corrected chi connectivity index (χ1v) is 7.14. The highest BCUT2D eigenvalue weighted by atomic mass is 16.1. The van der Waals surface area contributed by atoms with Crippen LogP contribution in [0.3, 0.4) is 0 Å². The molecule has 0 aromatic heterocycles. The van der Waals surface area contributed by atoms with E-state index in [1.807, 2.05) is 24.3 Å². The smallest absolute Gasteiger partial charge is 0.167 e. The van der Waals surface area contributed by atoms with Crippen molar-refractivity contribution in [1.29, 1.82) is 0 Å². The van der Waals surface area contributed by atoms with Gasteiger partial charge in [-0.3, -0.25) is 4.79 Å². The fraction of sp³-hybridized carbons (Fsp3) is 0.278. The number of Topliss-reactive ketones (excluding diaryl/α,β-unsaturated/α-hetero) is 1. The summed E-state index contributed by atoms with van der Waals surface area (Å²) >= 11 is 0. The van der Waals surface area contributed by atoms with E-state index in [1.165, 1.54) is 11.1 Å². The Hall–Kier alpha value is -2.09. The molecule has 1 aliphatic rings. The Morgan fingerprint density at radius 2 is 1.75 bits per heavy atom. The second-order valence-electron chi connectivity index (χ2n) is 5.69. The van der Waals surface area contributed by atoms with Crippen LogP contribution in [0.5, 0.6) is 0 Å². The van der Waals surface area contributed by atoms with E-state index in [0.717, 1.165) is 11.3 Å². The average Bonchev–Trinajstić information content (AvgIpc) is 2.47. The van der Waals surface area contributed by atoms with Gasteiger partial charge in [0.25, 0.3) is 0 Å². The van der Waals surface area contributed by atoms with Crippen LogP contribution in [-0.2, 0) is 0 Å². The number of rotatable bonds is 2. The van der Waals surface area contributed by atoms with E-state index in [9.17, 15) is 4.79 Å². The van der Waals surface area contributed by atoms with Crippen LogP contribution in [0, 0.1) is 0 Å². The maximum atomic E-state index is 12.2. The maximum absolute atomic E-state index is 12.2. The zero-order chi connectivity index (χ0) is 14.1. The molecule has 0 aliphatic carbocycles. The number of carbonyl (C=O) groups is 1. The van der Waals surface area contributed by atoms with E-state index < -0.39 is 0 Å². The van der Waals surface area contributed by atoms with Crippen molar-refractivity contribution >= 4 is 11.5 Å². The van der Waals surface area contributed by atoms with E-state index in [4.69, 9.17) is 0 Å². The summed E-state index contributed by atoms with van der Waals surface area (Å²) < 4.78 is 0. The number of hydrogen-bond donors (Lipinski definition) is 1. The summed E-state index contributed by atoms with van der Waals surface area (Å²) in [6.07, 6.45) is 0.526. The highest BCUT2D eigenvalue weighted by Gasteiger charge is 2.24. The van der Waals surface area contributed by atoms with Crippen molar-refractivity contribution in [1.82, 2.24) is 0 Å². The molecule has 2 heteroatoms. The van der Waals surface area contributed by atoms with Gasteiger partial charge < -0.3 is 5.32 Å². The van der Waals surface area contributed by atoms with Crippen LogP contribution in [0.25, 0.3) is 0 Å². The van der Waals surface area contributed by atoms with Crippen LogP contribution in [0.15, 0.2) is 48.5 Å². The van der Waals surface area contributed by atoms with Gasteiger partial charge in [-0.15, -0.1) is 0 Å². The fourth-order valence-corrected chi connectivity index (χ4v) is 2.70. The molecule has 0 spiro atoms. The number of benzene rings is 2. The summed E-state index contributed by atoms with van der Waals surface area (Å²) in [6, 6.07) is 16.4. The Bertz CT molecular complexity index is 628. The molecular formula is C18H19NO. The van der Waals surface area contributed by atoms with Crippen LogP contribution in [0.2, 0.25) is 0 Å². The highest BCUT2D eigenvalue weighted by molar-refractivity contribution is 6.03. The summed E-state index contributed by atoms with van der Waals surface area (Å²) in [5, 5.41) is 3.47. The van der Waals surface area contributed by atoms with Gasteiger partial charge in [-0.1, -0.05) is 50.2 Å². The molecule has 0 amide bonds. The number of hydrogen-bond acceptors (Lipinski definition) is 2. The van der Waals surface area contributed by atoms with E-state index in [1.54, 1.807) is 0 Å². The maximum Gasteiger partial charge on any atom is 0.167 e. The molecular weight excluding hydrogens is 246 g/mol. The minimum Gasteiger partial charge on any atom is -0.377 e. The van der Waals surface area contributed by atoms with Crippen LogP contribution >= 0.6 is 0 Å². The second kappa shape index (κ2) is 5.12. The number of para-hydroxylation sites is 1. The fourth-order valence-electron chi connectivity index (χ4n) is 2.70. The van der Waals surface area contributed by atoms with Gasteiger partial charge in [0.15, 0.2) is 5.78 Å². The molecule has 1 heterocycles. The van der Waals surface area contributed by atoms with E-state index in [0.29, 0.717) is 12.3 Å². The van der Waals surface area contributed by atoms with Crippen molar-refractivity contribution in [3.63, 3.8) is 0 Å². The zero-order valence-electron chi connectivity index (χ0n) is 11.9. The van der Waals surface area contributed by atoms with Crippen LogP contribution in [-0.4, -0.2) is 5.78 Å². The van der Waals surface area contributed by atoms with Crippen LogP contribution in [0.4, 0.5) is 5.69 Å². The van der Waals surface area contributed by atoms with Crippen molar-refractivity contribution in [3.05, 3.63) is 65.2 Å². The number of nitrogens with one attached hydrogen (secondary N) is 1. The largest absolute Gasteiger partial charge is 0.377 e. The molecule has 0 saturated heterocycles. The van der Waals surface area contributed by atoms with Crippen LogP contribution in [0.1, 0.15) is 53.7 Å². The molecule has 1 unspecified atom stereocenters. The number of carbonyl (C=O) groups excluding carboxylic acids is 1. The van der Waals surface area contributed by atoms with E-state index >= 15 is 0 Å². The van der Waals surface area contributed by atoms with Crippen molar-refractivity contribution in [2.75, 3.05) is 5.32 Å². The third-order valence-electron chi connectivity index (χ3n) is 3.95. The van der Waals surface area contributed by atoms with Crippen molar-refractivity contribution < 1.29 is 4.79 Å². The number of anilines is 1. The molecule has 1 atom stereocenters. The average molecular weight is 265 g/mol. The quantitative estimate of drug-likeness (QED) is 0.863. The zero-order valence-corrected chi connectivity index (χ0v) is 11.9. The number of fused-ring (bicyclic) bond motifs is 1. The Kier molecular flexibility index (Phi) is 3.31. The Morgan fingerprint density at radius 1 is 1.05 bits per heavy atom. The summed E-state index contributed by atoms with van der Waals surface area (Å²) in [5.74, 6) is 0.753. The van der Waals surface area contributed by atoms with Gasteiger partial charge in [0.1, 0.15) is 0 Å². The topological polar surface area (TPSA) is 29.1 Å². The molecule has 1 N–H and O–H groups in total. The minimum atomic E-state index is 0.0820. The highest BCUT2D eigenvalue weighted by Crippen LogP contribution is 2.32. The first-order valence-electron chi connectivity index (χ1n) is 7.14. The van der Waals surface area contributed by atoms with Crippen LogP contribution < -0.4 is 5.32 Å². The molecule has 0 bridgehead atoms. The summed E-state index contributed by atoms with van der Waals surface area (Å²) in [7, 11) is 0.